The van der Waals surface area contributed by atoms with Crippen LogP contribution in [0.1, 0.15) is 31.9 Å². The van der Waals surface area contributed by atoms with Gasteiger partial charge in [0.2, 0.25) is 9.04 Å². The first-order valence-corrected chi connectivity index (χ1v) is 10.3. The van der Waals surface area contributed by atoms with Crippen LogP contribution in [0.25, 0.3) is 5.76 Å². The summed E-state index contributed by atoms with van der Waals surface area (Å²) in [6, 6.07) is 8.71. The highest BCUT2D eigenvalue weighted by Crippen LogP contribution is 2.25. The van der Waals surface area contributed by atoms with Gasteiger partial charge in [0.1, 0.15) is 5.76 Å². The highest BCUT2D eigenvalue weighted by molar-refractivity contribution is 9.09. The lowest BCUT2D eigenvalue weighted by molar-refractivity contribution is 0.536. The lowest BCUT2D eigenvalue weighted by atomic mass is 9.86. The average Bonchev–Trinajstić information content (AvgIpc) is 2.27. The molecule has 0 N–H and O–H groups in total. The van der Waals surface area contributed by atoms with Crippen molar-refractivity contribution in [3.63, 3.8) is 0 Å². The Hall–Kier alpha value is -0.543. The number of hydrogen-bond acceptors (Lipinski definition) is 1. The molecule has 1 aromatic rings. The minimum Gasteiger partial charge on any atom is -0.547 e. The fourth-order valence-corrected chi connectivity index (χ4v) is 2.73. The average molecular weight is 327 g/mol. The fourth-order valence-electron chi connectivity index (χ4n) is 1.69. The molecule has 1 nitrogen and oxygen atoms in total. The van der Waals surface area contributed by atoms with Crippen molar-refractivity contribution in [2.45, 2.75) is 39.3 Å². The van der Waals surface area contributed by atoms with Crippen molar-refractivity contribution in [1.82, 2.24) is 0 Å². The quantitative estimate of drug-likeness (QED) is 0.442. The highest BCUT2D eigenvalue weighted by atomic mass is 79.9. The Morgan fingerprint density at radius 1 is 1.22 bits per heavy atom. The van der Waals surface area contributed by atoms with E-state index in [1.807, 2.05) is 0 Å². The summed E-state index contributed by atoms with van der Waals surface area (Å²) in [4.78, 5) is 0. The Balaban J connectivity index is 2.98. The van der Waals surface area contributed by atoms with Crippen LogP contribution in [0.2, 0.25) is 13.1 Å². The molecule has 100 valence electrons. The van der Waals surface area contributed by atoms with Crippen LogP contribution in [-0.2, 0) is 9.84 Å². The molecular formula is C15H23BrOSi. The van der Waals surface area contributed by atoms with Gasteiger partial charge in [-0.1, -0.05) is 61.0 Å². The molecule has 0 radical (unpaired) electrons. The molecule has 0 aliphatic heterocycles. The number of alkyl halides is 1. The van der Waals surface area contributed by atoms with Crippen LogP contribution in [-0.4, -0.2) is 14.4 Å². The maximum absolute atomic E-state index is 5.97. The van der Waals surface area contributed by atoms with Gasteiger partial charge in [0.25, 0.3) is 0 Å². The number of hydrogen-bond donors (Lipinski definition) is 0. The van der Waals surface area contributed by atoms with Crippen molar-refractivity contribution in [3.8, 4) is 0 Å². The van der Waals surface area contributed by atoms with Crippen LogP contribution in [0, 0.1) is 0 Å². The third-order valence-electron chi connectivity index (χ3n) is 2.66. The molecule has 0 aliphatic carbocycles. The molecular weight excluding hydrogens is 304 g/mol. The fraction of sp³-hybridized carbons (Fsp3) is 0.467. The van der Waals surface area contributed by atoms with Crippen molar-refractivity contribution in [1.29, 1.82) is 0 Å². The van der Waals surface area contributed by atoms with Crippen molar-refractivity contribution < 1.29 is 4.43 Å². The highest BCUT2D eigenvalue weighted by Gasteiger charge is 2.14. The van der Waals surface area contributed by atoms with E-state index >= 15 is 0 Å². The van der Waals surface area contributed by atoms with Gasteiger partial charge in [-0.2, -0.15) is 0 Å². The predicted molar refractivity (Wildman–Crippen MR) is 86.9 cm³/mol. The van der Waals surface area contributed by atoms with E-state index in [0.717, 1.165) is 11.1 Å². The van der Waals surface area contributed by atoms with E-state index in [1.165, 1.54) is 11.1 Å². The minimum atomic E-state index is -1.06. The molecule has 0 unspecified atom stereocenters. The lowest BCUT2D eigenvalue weighted by Gasteiger charge is -2.20. The summed E-state index contributed by atoms with van der Waals surface area (Å²) < 4.78 is 5.97. The summed E-state index contributed by atoms with van der Waals surface area (Å²) in [5.74, 6) is 1.01. The standard InChI is InChI=1S/C15H23BrOSi/c1-15(2,3)13-8-6-12(7-9-13)14(10-11-16)17-18(4)5/h6-10,18H,11H2,1-5H3. The van der Waals surface area contributed by atoms with E-state index in [4.69, 9.17) is 4.43 Å². The Bertz CT molecular complexity index is 401. The Morgan fingerprint density at radius 3 is 2.17 bits per heavy atom. The molecule has 1 rings (SSSR count). The number of allylic oxidation sites excluding steroid dienone is 1. The molecule has 18 heavy (non-hydrogen) atoms. The zero-order chi connectivity index (χ0) is 13.8. The van der Waals surface area contributed by atoms with Gasteiger partial charge in [0.05, 0.1) is 0 Å². The van der Waals surface area contributed by atoms with E-state index in [2.05, 4.69) is 80.1 Å². The van der Waals surface area contributed by atoms with Gasteiger partial charge in [-0.25, -0.2) is 0 Å². The van der Waals surface area contributed by atoms with Gasteiger partial charge in [-0.3, -0.25) is 0 Å². The first kappa shape index (κ1) is 15.5. The summed E-state index contributed by atoms with van der Waals surface area (Å²) in [6.07, 6.45) is 2.10. The van der Waals surface area contributed by atoms with E-state index in [-0.39, 0.29) is 5.41 Å². The van der Waals surface area contributed by atoms with Crippen LogP contribution in [0.3, 0.4) is 0 Å². The van der Waals surface area contributed by atoms with Gasteiger partial charge in [0.15, 0.2) is 0 Å². The third kappa shape index (κ3) is 4.62. The maximum atomic E-state index is 5.97. The van der Waals surface area contributed by atoms with E-state index in [0.29, 0.717) is 0 Å². The molecule has 0 fully saturated rings. The Kier molecular flexibility index (Phi) is 5.67. The van der Waals surface area contributed by atoms with Crippen LogP contribution in [0.4, 0.5) is 0 Å². The molecule has 0 amide bonds. The van der Waals surface area contributed by atoms with Gasteiger partial charge >= 0.3 is 0 Å². The monoisotopic (exact) mass is 326 g/mol. The largest absolute Gasteiger partial charge is 0.547 e. The number of halogens is 1. The maximum Gasteiger partial charge on any atom is 0.229 e. The number of benzene rings is 1. The molecule has 0 spiro atoms. The molecule has 0 aliphatic rings. The van der Waals surface area contributed by atoms with E-state index in [1.54, 1.807) is 0 Å². The zero-order valence-electron chi connectivity index (χ0n) is 12.0. The van der Waals surface area contributed by atoms with Gasteiger partial charge in [-0.05, 0) is 30.1 Å². The summed E-state index contributed by atoms with van der Waals surface area (Å²) in [5.41, 5.74) is 2.72. The summed E-state index contributed by atoms with van der Waals surface area (Å²) in [6.45, 7) is 11.1. The smallest absolute Gasteiger partial charge is 0.229 e. The van der Waals surface area contributed by atoms with E-state index < -0.39 is 9.04 Å². The van der Waals surface area contributed by atoms with Crippen molar-refractivity contribution in [2.75, 3.05) is 5.33 Å². The third-order valence-corrected chi connectivity index (χ3v) is 3.71. The van der Waals surface area contributed by atoms with Crippen LogP contribution >= 0.6 is 15.9 Å². The topological polar surface area (TPSA) is 9.23 Å². The minimum absolute atomic E-state index is 0.200. The second kappa shape index (κ2) is 6.57. The van der Waals surface area contributed by atoms with Crippen LogP contribution in [0.5, 0.6) is 0 Å². The lowest BCUT2D eigenvalue weighted by Crippen LogP contribution is -2.11. The zero-order valence-corrected chi connectivity index (χ0v) is 14.7. The van der Waals surface area contributed by atoms with Crippen molar-refractivity contribution in [3.05, 3.63) is 41.5 Å². The normalized spacial score (nSPS) is 12.9. The second-order valence-electron chi connectivity index (χ2n) is 5.72. The summed E-state index contributed by atoms with van der Waals surface area (Å²) >= 11 is 3.44. The van der Waals surface area contributed by atoms with E-state index in [9.17, 15) is 0 Å². The van der Waals surface area contributed by atoms with Gasteiger partial charge < -0.3 is 4.43 Å². The molecule has 3 heteroatoms. The van der Waals surface area contributed by atoms with Crippen LogP contribution in [0.15, 0.2) is 30.3 Å². The van der Waals surface area contributed by atoms with Crippen LogP contribution < -0.4 is 0 Å². The van der Waals surface area contributed by atoms with Crippen molar-refractivity contribution in [2.24, 2.45) is 0 Å². The van der Waals surface area contributed by atoms with Gasteiger partial charge in [-0.15, -0.1) is 0 Å². The first-order chi connectivity index (χ1) is 8.34. The molecule has 0 aromatic heterocycles. The predicted octanol–water partition coefficient (Wildman–Crippen LogP) is 4.72. The second-order valence-corrected chi connectivity index (χ2v) is 8.70. The Morgan fingerprint density at radius 2 is 1.78 bits per heavy atom. The van der Waals surface area contributed by atoms with Crippen molar-refractivity contribution >= 4 is 30.7 Å². The molecule has 0 saturated heterocycles. The van der Waals surface area contributed by atoms with Gasteiger partial charge in [0, 0.05) is 10.9 Å². The molecule has 0 bridgehead atoms. The number of rotatable bonds is 4. The molecule has 1 aromatic carbocycles. The Labute approximate surface area is 121 Å². The summed E-state index contributed by atoms with van der Waals surface area (Å²) in [5, 5.41) is 0.824. The molecule has 0 heterocycles. The first-order valence-electron chi connectivity index (χ1n) is 6.38. The molecule has 0 saturated carbocycles. The molecule has 0 atom stereocenters. The summed E-state index contributed by atoms with van der Waals surface area (Å²) in [7, 11) is -1.06. The SMILES string of the molecule is C[SiH](C)OC(=CCBr)c1ccc(C(C)(C)C)cc1.